The molecule has 0 aliphatic heterocycles. The van der Waals surface area contributed by atoms with E-state index in [1.165, 1.54) is 0 Å². The molecule has 0 bridgehead atoms. The molecule has 0 spiro atoms. The summed E-state index contributed by atoms with van der Waals surface area (Å²) in [4.78, 5) is 16.4. The van der Waals surface area contributed by atoms with Crippen LogP contribution in [-0.2, 0) is 0 Å². The van der Waals surface area contributed by atoms with Crippen LogP contribution in [0.1, 0.15) is 13.3 Å². The molecule has 0 unspecified atom stereocenters. The van der Waals surface area contributed by atoms with E-state index in [0.717, 1.165) is 13.0 Å². The number of hydrogen-bond donors (Lipinski definition) is 2. The second-order valence-electron chi connectivity index (χ2n) is 3.61. The maximum absolute atomic E-state index is 5.83. The number of anilines is 2. The maximum Gasteiger partial charge on any atom is 0.228 e. The van der Waals surface area contributed by atoms with Crippen molar-refractivity contribution in [3.63, 3.8) is 0 Å². The Morgan fingerprint density at radius 1 is 1.22 bits per heavy atom. The van der Waals surface area contributed by atoms with Crippen molar-refractivity contribution in [3.05, 3.63) is 23.4 Å². The summed E-state index contributed by atoms with van der Waals surface area (Å²) in [6.45, 7) is 2.82. The van der Waals surface area contributed by atoms with Crippen LogP contribution in [-0.4, -0.2) is 26.5 Å². The van der Waals surface area contributed by atoms with Crippen LogP contribution < -0.4 is 11.1 Å². The first-order chi connectivity index (χ1) is 8.69. The van der Waals surface area contributed by atoms with Gasteiger partial charge in [-0.3, -0.25) is 0 Å². The minimum atomic E-state index is 0.153. The second kappa shape index (κ2) is 5.59. The van der Waals surface area contributed by atoms with Crippen molar-refractivity contribution in [2.24, 2.45) is 0 Å². The first-order valence-electron chi connectivity index (χ1n) is 5.57. The van der Waals surface area contributed by atoms with Gasteiger partial charge in [-0.05, 0) is 18.6 Å². The highest BCUT2D eigenvalue weighted by atomic mass is 35.5. The summed E-state index contributed by atoms with van der Waals surface area (Å²) in [7, 11) is 0. The van der Waals surface area contributed by atoms with E-state index < -0.39 is 0 Å². The molecule has 3 N–H and O–H groups in total. The largest absolute Gasteiger partial charge is 0.368 e. The molecule has 0 aliphatic carbocycles. The lowest BCUT2D eigenvalue weighted by Gasteiger charge is -2.05. The molecule has 0 saturated heterocycles. The van der Waals surface area contributed by atoms with Crippen LogP contribution in [0.2, 0.25) is 5.15 Å². The van der Waals surface area contributed by atoms with Crippen molar-refractivity contribution in [2.45, 2.75) is 13.3 Å². The fourth-order valence-electron chi connectivity index (χ4n) is 1.36. The lowest BCUT2D eigenvalue weighted by Crippen LogP contribution is -2.09. The van der Waals surface area contributed by atoms with Gasteiger partial charge in [0.05, 0.1) is 0 Å². The maximum atomic E-state index is 5.83. The average Bonchev–Trinajstić information content (AvgIpc) is 2.36. The van der Waals surface area contributed by atoms with E-state index in [-0.39, 0.29) is 5.95 Å². The van der Waals surface area contributed by atoms with Crippen molar-refractivity contribution < 1.29 is 0 Å². The number of halogens is 1. The molecule has 0 aliphatic rings. The molecule has 0 saturated carbocycles. The van der Waals surface area contributed by atoms with E-state index in [2.05, 4.69) is 32.2 Å². The standard InChI is InChI=1S/C11H13ClN6/c1-2-6-14-11-17-9(16-10(13)18-11)7-4-3-5-8(12)15-7/h3-5H,2,6H2,1H3,(H3,13,14,16,17,18). The highest BCUT2D eigenvalue weighted by Crippen LogP contribution is 2.16. The van der Waals surface area contributed by atoms with Crippen LogP contribution in [0.4, 0.5) is 11.9 Å². The lowest BCUT2D eigenvalue weighted by atomic mass is 10.3. The Morgan fingerprint density at radius 3 is 2.78 bits per heavy atom. The van der Waals surface area contributed by atoms with Gasteiger partial charge in [0, 0.05) is 6.54 Å². The van der Waals surface area contributed by atoms with Gasteiger partial charge >= 0.3 is 0 Å². The highest BCUT2D eigenvalue weighted by Gasteiger charge is 2.08. The lowest BCUT2D eigenvalue weighted by molar-refractivity contribution is 0.942. The van der Waals surface area contributed by atoms with Gasteiger partial charge in [0.25, 0.3) is 0 Å². The Morgan fingerprint density at radius 2 is 2.06 bits per heavy atom. The van der Waals surface area contributed by atoms with Gasteiger partial charge in [0.2, 0.25) is 11.9 Å². The monoisotopic (exact) mass is 264 g/mol. The number of aromatic nitrogens is 4. The molecule has 0 radical (unpaired) electrons. The summed E-state index contributed by atoms with van der Waals surface area (Å²) < 4.78 is 0. The molecule has 2 aromatic rings. The van der Waals surface area contributed by atoms with Crippen molar-refractivity contribution >= 4 is 23.5 Å². The Balaban J connectivity index is 2.35. The molecular weight excluding hydrogens is 252 g/mol. The number of nitrogens with zero attached hydrogens (tertiary/aromatic N) is 4. The van der Waals surface area contributed by atoms with Crippen molar-refractivity contribution in [1.29, 1.82) is 0 Å². The zero-order valence-corrected chi connectivity index (χ0v) is 10.6. The summed E-state index contributed by atoms with van der Waals surface area (Å²) in [5.74, 6) is 1.00. The summed E-state index contributed by atoms with van der Waals surface area (Å²) in [6, 6.07) is 5.24. The van der Waals surface area contributed by atoms with Crippen LogP contribution in [0, 0.1) is 0 Å². The third-order valence-corrected chi connectivity index (χ3v) is 2.34. The van der Waals surface area contributed by atoms with Gasteiger partial charge in [-0.2, -0.15) is 15.0 Å². The van der Waals surface area contributed by atoms with Crippen LogP contribution in [0.15, 0.2) is 18.2 Å². The van der Waals surface area contributed by atoms with Gasteiger partial charge in [0.1, 0.15) is 10.8 Å². The highest BCUT2D eigenvalue weighted by molar-refractivity contribution is 6.29. The number of nitrogens with two attached hydrogens (primary N) is 1. The summed E-state index contributed by atoms with van der Waals surface area (Å²) in [5, 5.41) is 3.44. The van der Waals surface area contributed by atoms with Crippen molar-refractivity contribution in [1.82, 2.24) is 19.9 Å². The van der Waals surface area contributed by atoms with Crippen LogP contribution in [0.3, 0.4) is 0 Å². The van der Waals surface area contributed by atoms with Crippen LogP contribution in [0.5, 0.6) is 0 Å². The second-order valence-corrected chi connectivity index (χ2v) is 4.00. The molecule has 0 aromatic carbocycles. The SMILES string of the molecule is CCCNc1nc(N)nc(-c2cccc(Cl)n2)n1. The predicted molar refractivity (Wildman–Crippen MR) is 71.3 cm³/mol. The fraction of sp³-hybridized carbons (Fsp3) is 0.273. The van der Waals surface area contributed by atoms with Crippen molar-refractivity contribution in [2.75, 3.05) is 17.6 Å². The van der Waals surface area contributed by atoms with E-state index >= 15 is 0 Å². The van der Waals surface area contributed by atoms with Gasteiger partial charge in [-0.15, -0.1) is 0 Å². The molecule has 18 heavy (non-hydrogen) atoms. The molecule has 2 aromatic heterocycles. The normalized spacial score (nSPS) is 10.3. The molecule has 0 fully saturated rings. The van der Waals surface area contributed by atoms with E-state index in [1.54, 1.807) is 18.2 Å². The average molecular weight is 265 g/mol. The summed E-state index contributed by atoms with van der Waals surface area (Å²) >= 11 is 5.83. The van der Waals surface area contributed by atoms with Gasteiger partial charge in [-0.1, -0.05) is 24.6 Å². The number of hydrogen-bond acceptors (Lipinski definition) is 6. The van der Waals surface area contributed by atoms with Gasteiger partial charge in [-0.25, -0.2) is 4.98 Å². The van der Waals surface area contributed by atoms with Crippen molar-refractivity contribution in [3.8, 4) is 11.5 Å². The topological polar surface area (TPSA) is 89.6 Å². The first kappa shape index (κ1) is 12.5. The smallest absolute Gasteiger partial charge is 0.228 e. The van der Waals surface area contributed by atoms with E-state index in [0.29, 0.717) is 22.6 Å². The van der Waals surface area contributed by atoms with Crippen LogP contribution in [0.25, 0.3) is 11.5 Å². The molecule has 2 rings (SSSR count). The molecule has 6 nitrogen and oxygen atoms in total. The third-order valence-electron chi connectivity index (χ3n) is 2.13. The molecule has 2 heterocycles. The Hall–Kier alpha value is -1.95. The zero-order chi connectivity index (χ0) is 13.0. The molecule has 94 valence electrons. The number of pyridine rings is 1. The summed E-state index contributed by atoms with van der Waals surface area (Å²) in [6.07, 6.45) is 0.969. The number of nitrogens with one attached hydrogen (secondary N) is 1. The van der Waals surface area contributed by atoms with E-state index in [9.17, 15) is 0 Å². The first-order valence-corrected chi connectivity index (χ1v) is 5.95. The molecule has 7 heteroatoms. The van der Waals surface area contributed by atoms with Crippen LogP contribution >= 0.6 is 11.6 Å². The Labute approximate surface area is 110 Å². The van der Waals surface area contributed by atoms with Gasteiger partial charge < -0.3 is 11.1 Å². The third kappa shape index (κ3) is 3.04. The van der Waals surface area contributed by atoms with E-state index in [1.807, 2.05) is 0 Å². The molecular formula is C11H13ClN6. The predicted octanol–water partition coefficient (Wildman–Crippen LogP) is 1.99. The molecule has 0 amide bonds. The number of rotatable bonds is 4. The minimum absolute atomic E-state index is 0.153. The zero-order valence-electron chi connectivity index (χ0n) is 9.89. The molecule has 0 atom stereocenters. The minimum Gasteiger partial charge on any atom is -0.368 e. The van der Waals surface area contributed by atoms with E-state index in [4.69, 9.17) is 17.3 Å². The number of nitrogen functional groups attached to an aromatic ring is 1. The summed E-state index contributed by atoms with van der Waals surface area (Å²) in [5.41, 5.74) is 6.21. The Kier molecular flexibility index (Phi) is 3.88. The quantitative estimate of drug-likeness (QED) is 0.821. The fourth-order valence-corrected chi connectivity index (χ4v) is 1.52. The van der Waals surface area contributed by atoms with Gasteiger partial charge in [0.15, 0.2) is 5.82 Å². The Bertz CT molecular complexity index is 545.